The molecule has 0 spiro atoms. The third-order valence-corrected chi connectivity index (χ3v) is 4.21. The number of carbonyl (C=O) groups excluding carboxylic acids is 2. The van der Waals surface area contributed by atoms with Crippen molar-refractivity contribution in [3.63, 3.8) is 0 Å². The number of carbonyl (C=O) groups is 2. The van der Waals surface area contributed by atoms with Gasteiger partial charge in [-0.2, -0.15) is 0 Å². The van der Waals surface area contributed by atoms with Crippen LogP contribution in [0.1, 0.15) is 17.3 Å². The highest BCUT2D eigenvalue weighted by Crippen LogP contribution is 2.38. The van der Waals surface area contributed by atoms with Crippen molar-refractivity contribution in [3.8, 4) is 23.0 Å². The van der Waals surface area contributed by atoms with E-state index in [1.54, 1.807) is 0 Å². The fourth-order valence-corrected chi connectivity index (χ4v) is 2.61. The summed E-state index contributed by atoms with van der Waals surface area (Å²) in [6.45, 7) is 1.38. The maximum atomic E-state index is 12.5. The Hall–Kier alpha value is -4.02. The zero-order chi connectivity index (χ0) is 23.1. The molecule has 0 fully saturated rings. The van der Waals surface area contributed by atoms with Gasteiger partial charge in [-0.3, -0.25) is 14.9 Å². The molecular formula is C20H22N2O9. The molecule has 11 heteroatoms. The molecule has 1 N–H and O–H groups in total. The molecule has 2 aromatic rings. The predicted octanol–water partition coefficient (Wildman–Crippen LogP) is 2.81. The van der Waals surface area contributed by atoms with Crippen LogP contribution >= 0.6 is 0 Å². The molecule has 0 heterocycles. The molecule has 0 aliphatic heterocycles. The van der Waals surface area contributed by atoms with Crippen molar-refractivity contribution >= 4 is 23.3 Å². The van der Waals surface area contributed by atoms with Crippen molar-refractivity contribution in [1.29, 1.82) is 0 Å². The van der Waals surface area contributed by atoms with Crippen LogP contribution in [0.3, 0.4) is 0 Å². The van der Waals surface area contributed by atoms with E-state index in [0.29, 0.717) is 5.75 Å². The summed E-state index contributed by atoms with van der Waals surface area (Å²) >= 11 is 0. The van der Waals surface area contributed by atoms with E-state index >= 15 is 0 Å². The van der Waals surface area contributed by atoms with E-state index in [1.165, 1.54) is 65.7 Å². The van der Waals surface area contributed by atoms with Gasteiger partial charge in [0.1, 0.15) is 5.75 Å². The van der Waals surface area contributed by atoms with Crippen LogP contribution in [0.2, 0.25) is 0 Å². The van der Waals surface area contributed by atoms with Crippen LogP contribution in [0, 0.1) is 10.1 Å². The molecule has 0 aromatic heterocycles. The Bertz CT molecular complexity index is 966. The number of anilines is 1. The molecule has 1 atom stereocenters. The molecule has 11 nitrogen and oxygen atoms in total. The van der Waals surface area contributed by atoms with Crippen LogP contribution in [-0.4, -0.2) is 51.3 Å². The maximum Gasteiger partial charge on any atom is 0.339 e. The standard InChI is InChI=1S/C20H22N2O9/c1-11(19(23)21-14-7-6-13(22(25)26)10-15(14)27-2)31-20(24)12-8-16(28-3)18(30-5)17(9-12)29-4/h6-11H,1-5H3,(H,21,23). The highest BCUT2D eigenvalue weighted by atomic mass is 16.6. The lowest BCUT2D eigenvalue weighted by atomic mass is 10.2. The normalized spacial score (nSPS) is 11.1. The largest absolute Gasteiger partial charge is 0.494 e. The molecule has 166 valence electrons. The first kappa shape index (κ1) is 23.3. The average molecular weight is 434 g/mol. The van der Waals surface area contributed by atoms with E-state index in [9.17, 15) is 19.7 Å². The van der Waals surface area contributed by atoms with Crippen LogP contribution in [0.5, 0.6) is 23.0 Å². The number of ether oxygens (including phenoxy) is 5. The van der Waals surface area contributed by atoms with Crippen molar-refractivity contribution in [2.75, 3.05) is 33.8 Å². The number of benzene rings is 2. The number of nitrogens with zero attached hydrogens (tertiary/aromatic N) is 1. The number of hydrogen-bond donors (Lipinski definition) is 1. The predicted molar refractivity (Wildman–Crippen MR) is 109 cm³/mol. The molecule has 1 amide bonds. The second kappa shape index (κ2) is 10.1. The Morgan fingerprint density at radius 2 is 1.52 bits per heavy atom. The van der Waals surface area contributed by atoms with Gasteiger partial charge < -0.3 is 29.0 Å². The van der Waals surface area contributed by atoms with Crippen molar-refractivity contribution in [2.24, 2.45) is 0 Å². The number of methoxy groups -OCH3 is 4. The molecule has 0 aliphatic carbocycles. The van der Waals surface area contributed by atoms with Crippen molar-refractivity contribution in [2.45, 2.75) is 13.0 Å². The number of non-ortho nitro benzene ring substituents is 1. The zero-order valence-corrected chi connectivity index (χ0v) is 17.6. The van der Waals surface area contributed by atoms with Crippen molar-refractivity contribution < 1.29 is 38.2 Å². The molecule has 0 bridgehead atoms. The van der Waals surface area contributed by atoms with E-state index in [2.05, 4.69) is 5.32 Å². The van der Waals surface area contributed by atoms with Gasteiger partial charge in [0.15, 0.2) is 17.6 Å². The average Bonchev–Trinajstić information content (AvgIpc) is 2.77. The highest BCUT2D eigenvalue weighted by Gasteiger charge is 2.23. The molecule has 0 aliphatic rings. The smallest absolute Gasteiger partial charge is 0.339 e. The van der Waals surface area contributed by atoms with Crippen molar-refractivity contribution in [1.82, 2.24) is 0 Å². The summed E-state index contributed by atoms with van der Waals surface area (Å²) in [5.74, 6) is -0.558. The van der Waals surface area contributed by atoms with E-state index < -0.39 is 22.9 Å². The number of rotatable bonds is 9. The summed E-state index contributed by atoms with van der Waals surface area (Å²) in [6.07, 6.45) is -1.19. The molecule has 2 aromatic carbocycles. The second-order valence-corrected chi connectivity index (χ2v) is 6.09. The van der Waals surface area contributed by atoms with Gasteiger partial charge >= 0.3 is 5.97 Å². The first-order valence-electron chi connectivity index (χ1n) is 8.90. The monoisotopic (exact) mass is 434 g/mol. The van der Waals surface area contributed by atoms with Gasteiger partial charge in [-0.1, -0.05) is 0 Å². The van der Waals surface area contributed by atoms with Crippen molar-refractivity contribution in [3.05, 3.63) is 46.0 Å². The van der Waals surface area contributed by atoms with E-state index in [4.69, 9.17) is 23.7 Å². The SMILES string of the molecule is COc1cc([N+](=O)[O-])ccc1NC(=O)C(C)OC(=O)c1cc(OC)c(OC)c(OC)c1. The van der Waals surface area contributed by atoms with Crippen LogP contribution < -0.4 is 24.3 Å². The molecule has 0 radical (unpaired) electrons. The molecule has 0 saturated carbocycles. The van der Waals surface area contributed by atoms with Gasteiger partial charge in [0.05, 0.1) is 50.7 Å². The van der Waals surface area contributed by atoms with Gasteiger partial charge in [-0.25, -0.2) is 4.79 Å². The van der Waals surface area contributed by atoms with Gasteiger partial charge in [-0.05, 0) is 25.1 Å². The minimum Gasteiger partial charge on any atom is -0.494 e. The Morgan fingerprint density at radius 1 is 0.935 bits per heavy atom. The molecule has 2 rings (SSSR count). The Kier molecular flexibility index (Phi) is 7.61. The third kappa shape index (κ3) is 5.32. The van der Waals surface area contributed by atoms with Gasteiger partial charge in [0, 0.05) is 6.07 Å². The second-order valence-electron chi connectivity index (χ2n) is 6.09. The summed E-state index contributed by atoms with van der Waals surface area (Å²) in [7, 11) is 5.54. The number of esters is 1. The Morgan fingerprint density at radius 3 is 2.00 bits per heavy atom. The summed E-state index contributed by atoms with van der Waals surface area (Å²) in [6, 6.07) is 6.50. The van der Waals surface area contributed by atoms with Crippen LogP contribution in [0.25, 0.3) is 0 Å². The van der Waals surface area contributed by atoms with Gasteiger partial charge in [0.25, 0.3) is 11.6 Å². The first-order chi connectivity index (χ1) is 14.7. The lowest BCUT2D eigenvalue weighted by molar-refractivity contribution is -0.384. The molecule has 0 saturated heterocycles. The third-order valence-electron chi connectivity index (χ3n) is 4.21. The Balaban J connectivity index is 2.16. The summed E-state index contributed by atoms with van der Waals surface area (Å²) in [5.41, 5.74) is 0.0765. The van der Waals surface area contributed by atoms with Crippen LogP contribution in [-0.2, 0) is 9.53 Å². The van der Waals surface area contributed by atoms with E-state index in [-0.39, 0.29) is 34.2 Å². The zero-order valence-electron chi connectivity index (χ0n) is 17.6. The summed E-state index contributed by atoms with van der Waals surface area (Å²) < 4.78 is 25.9. The van der Waals surface area contributed by atoms with Gasteiger partial charge in [-0.15, -0.1) is 0 Å². The number of nitro groups is 1. The number of nitrogens with one attached hydrogen (secondary N) is 1. The maximum absolute atomic E-state index is 12.5. The summed E-state index contributed by atoms with van der Waals surface area (Å²) in [5, 5.41) is 13.4. The minimum atomic E-state index is -1.19. The molecular weight excluding hydrogens is 412 g/mol. The highest BCUT2D eigenvalue weighted by molar-refractivity contribution is 5.98. The number of amides is 1. The Labute approximate surface area is 178 Å². The minimum absolute atomic E-state index is 0.0852. The quantitative estimate of drug-likeness (QED) is 0.359. The lowest BCUT2D eigenvalue weighted by Gasteiger charge is -2.17. The topological polar surface area (TPSA) is 135 Å². The molecule has 1 unspecified atom stereocenters. The van der Waals surface area contributed by atoms with Crippen LogP contribution in [0.15, 0.2) is 30.3 Å². The lowest BCUT2D eigenvalue weighted by Crippen LogP contribution is -2.30. The van der Waals surface area contributed by atoms with E-state index in [1.807, 2.05) is 0 Å². The fourth-order valence-electron chi connectivity index (χ4n) is 2.61. The summed E-state index contributed by atoms with van der Waals surface area (Å²) in [4.78, 5) is 35.3. The van der Waals surface area contributed by atoms with Crippen LogP contribution in [0.4, 0.5) is 11.4 Å². The fraction of sp³-hybridized carbons (Fsp3) is 0.300. The first-order valence-corrected chi connectivity index (χ1v) is 8.90. The van der Waals surface area contributed by atoms with E-state index in [0.717, 1.165) is 0 Å². The number of hydrogen-bond acceptors (Lipinski definition) is 9. The molecule has 31 heavy (non-hydrogen) atoms. The number of nitro benzene ring substituents is 1. The van der Waals surface area contributed by atoms with Gasteiger partial charge in [0.2, 0.25) is 5.75 Å².